The summed E-state index contributed by atoms with van der Waals surface area (Å²) < 4.78 is 33.5. The lowest BCUT2D eigenvalue weighted by atomic mass is 9.80. The maximum absolute atomic E-state index is 12.8. The summed E-state index contributed by atoms with van der Waals surface area (Å²) in [4.78, 5) is 24.6. The second-order valence-electron chi connectivity index (χ2n) is 22.2. The summed E-state index contributed by atoms with van der Waals surface area (Å²) >= 11 is 0. The molecule has 0 aromatic rings. The van der Waals surface area contributed by atoms with Crippen LogP contribution in [0, 0.1) is 5.92 Å². The van der Waals surface area contributed by atoms with Gasteiger partial charge < -0.3 is 10.2 Å². The maximum atomic E-state index is 12.8. The SMILES string of the molecule is CCCCCCCCCCCCCCCCCCCCCCCCCCCCC(CC(=O)O)C(CCCCCCCCCCCCCCCCCCCCCCCCCCCC)(C(=O)O)S(=O)(=O)O. The number of aliphatic carboxylic acids is 2. The van der Waals surface area contributed by atoms with Crippen LogP contribution in [0.2, 0.25) is 0 Å². The maximum Gasteiger partial charge on any atom is 0.327 e. The van der Waals surface area contributed by atoms with Crippen molar-refractivity contribution in [1.29, 1.82) is 0 Å². The first kappa shape index (κ1) is 67.8. The second kappa shape index (κ2) is 51.7. The number of carbonyl (C=O) groups is 2. The number of rotatable bonds is 59. The number of hydrogen-bond acceptors (Lipinski definition) is 4. The fourth-order valence-electron chi connectivity index (χ4n) is 11.1. The Balaban J connectivity index is 4.00. The van der Waals surface area contributed by atoms with Gasteiger partial charge in [-0.2, -0.15) is 8.42 Å². The van der Waals surface area contributed by atoms with Crippen molar-refractivity contribution in [2.75, 3.05) is 0 Å². The zero-order valence-corrected chi connectivity index (χ0v) is 47.2. The molecular formula is C61H120O7S. The second-order valence-corrected chi connectivity index (χ2v) is 23.9. The van der Waals surface area contributed by atoms with Gasteiger partial charge in [-0.15, -0.1) is 0 Å². The van der Waals surface area contributed by atoms with Crippen molar-refractivity contribution in [3.8, 4) is 0 Å². The van der Waals surface area contributed by atoms with E-state index in [2.05, 4.69) is 13.8 Å². The molecule has 0 rings (SSSR count). The van der Waals surface area contributed by atoms with E-state index in [1.165, 1.54) is 270 Å². The van der Waals surface area contributed by atoms with Crippen LogP contribution in [0.4, 0.5) is 0 Å². The van der Waals surface area contributed by atoms with Gasteiger partial charge in [0, 0.05) is 5.92 Å². The first-order valence-corrected chi connectivity index (χ1v) is 32.5. The van der Waals surface area contributed by atoms with E-state index < -0.39 is 39.1 Å². The van der Waals surface area contributed by atoms with Gasteiger partial charge in [-0.25, -0.2) is 0 Å². The molecular weight excluding hydrogens is 877 g/mol. The summed E-state index contributed by atoms with van der Waals surface area (Å²) in [5, 5.41) is 20.0. The van der Waals surface area contributed by atoms with E-state index in [0.717, 1.165) is 44.9 Å². The summed E-state index contributed by atoms with van der Waals surface area (Å²) in [6.45, 7) is 4.57. The normalized spacial score (nSPS) is 13.3. The first-order valence-electron chi connectivity index (χ1n) is 31.1. The van der Waals surface area contributed by atoms with Crippen molar-refractivity contribution >= 4 is 22.1 Å². The lowest BCUT2D eigenvalue weighted by molar-refractivity contribution is -0.144. The zero-order valence-electron chi connectivity index (χ0n) is 46.4. The van der Waals surface area contributed by atoms with E-state index in [1.807, 2.05) is 0 Å². The largest absolute Gasteiger partial charge is 0.481 e. The van der Waals surface area contributed by atoms with Crippen LogP contribution in [-0.4, -0.2) is 39.9 Å². The fourth-order valence-corrected chi connectivity index (χ4v) is 12.3. The van der Waals surface area contributed by atoms with Gasteiger partial charge in [0.2, 0.25) is 0 Å². The average molecular weight is 998 g/mol. The summed E-state index contributed by atoms with van der Waals surface area (Å²) in [6.07, 6.45) is 65.7. The molecule has 0 bridgehead atoms. The molecule has 0 aliphatic heterocycles. The van der Waals surface area contributed by atoms with Gasteiger partial charge in [0.1, 0.15) is 0 Å². The van der Waals surface area contributed by atoms with E-state index >= 15 is 0 Å². The Morgan fingerprint density at radius 2 is 0.522 bits per heavy atom. The van der Waals surface area contributed by atoms with Crippen molar-refractivity contribution in [1.82, 2.24) is 0 Å². The smallest absolute Gasteiger partial charge is 0.327 e. The molecule has 69 heavy (non-hydrogen) atoms. The average Bonchev–Trinajstić information content (AvgIpc) is 3.31. The summed E-state index contributed by atoms with van der Waals surface area (Å²) in [5.74, 6) is -4.02. The van der Waals surface area contributed by atoms with Crippen LogP contribution in [0.25, 0.3) is 0 Å². The Bertz CT molecular complexity index is 1190. The van der Waals surface area contributed by atoms with Crippen LogP contribution in [0.1, 0.15) is 367 Å². The van der Waals surface area contributed by atoms with Crippen LogP contribution in [0.3, 0.4) is 0 Å². The van der Waals surface area contributed by atoms with Gasteiger partial charge in [-0.05, 0) is 12.8 Å². The highest BCUT2D eigenvalue weighted by Gasteiger charge is 2.56. The topological polar surface area (TPSA) is 129 Å². The molecule has 8 heteroatoms. The molecule has 0 saturated carbocycles. The summed E-state index contributed by atoms with van der Waals surface area (Å²) in [7, 11) is -5.04. The minimum atomic E-state index is -5.04. The summed E-state index contributed by atoms with van der Waals surface area (Å²) in [6, 6.07) is 0. The van der Waals surface area contributed by atoms with Crippen molar-refractivity contribution < 1.29 is 32.8 Å². The molecule has 0 saturated heterocycles. The third-order valence-corrected chi connectivity index (χ3v) is 17.3. The Morgan fingerprint density at radius 3 is 0.696 bits per heavy atom. The van der Waals surface area contributed by atoms with Gasteiger partial charge in [0.25, 0.3) is 10.1 Å². The predicted molar refractivity (Wildman–Crippen MR) is 298 cm³/mol. The minimum Gasteiger partial charge on any atom is -0.481 e. The van der Waals surface area contributed by atoms with Crippen LogP contribution in [0.5, 0.6) is 0 Å². The molecule has 412 valence electrons. The lowest BCUT2D eigenvalue weighted by Crippen LogP contribution is -2.53. The molecule has 0 fully saturated rings. The van der Waals surface area contributed by atoms with E-state index in [1.54, 1.807) is 0 Å². The van der Waals surface area contributed by atoms with Gasteiger partial charge in [0.05, 0.1) is 6.42 Å². The molecule has 0 aromatic heterocycles. The van der Waals surface area contributed by atoms with Crippen molar-refractivity contribution in [2.24, 2.45) is 5.92 Å². The number of carboxylic acid groups (broad SMARTS) is 2. The molecule has 0 spiro atoms. The Kier molecular flexibility index (Phi) is 50.9. The molecule has 0 heterocycles. The molecule has 0 radical (unpaired) electrons. The van der Waals surface area contributed by atoms with E-state index in [0.29, 0.717) is 19.3 Å². The molecule has 0 aliphatic carbocycles. The zero-order chi connectivity index (χ0) is 50.6. The van der Waals surface area contributed by atoms with E-state index in [4.69, 9.17) is 0 Å². The highest BCUT2D eigenvalue weighted by Crippen LogP contribution is 2.39. The molecule has 0 amide bonds. The van der Waals surface area contributed by atoms with Gasteiger partial charge in [0.15, 0.2) is 4.75 Å². The van der Waals surface area contributed by atoms with E-state index in [9.17, 15) is 32.8 Å². The van der Waals surface area contributed by atoms with Crippen LogP contribution >= 0.6 is 0 Å². The Morgan fingerprint density at radius 1 is 0.333 bits per heavy atom. The Labute approximate surface area is 430 Å². The van der Waals surface area contributed by atoms with Crippen LogP contribution in [-0.2, 0) is 19.7 Å². The first-order chi connectivity index (χ1) is 33.6. The quantitative estimate of drug-likeness (QED) is 0.0409. The number of unbranched alkanes of at least 4 members (excludes halogenated alkanes) is 50. The molecule has 2 unspecified atom stereocenters. The van der Waals surface area contributed by atoms with Crippen LogP contribution < -0.4 is 0 Å². The molecule has 0 aliphatic rings. The highest BCUT2D eigenvalue weighted by molar-refractivity contribution is 7.88. The van der Waals surface area contributed by atoms with Crippen molar-refractivity contribution in [3.05, 3.63) is 0 Å². The molecule has 3 N–H and O–H groups in total. The van der Waals surface area contributed by atoms with Gasteiger partial charge in [-0.1, -0.05) is 348 Å². The predicted octanol–water partition coefficient (Wildman–Crippen LogP) is 20.9. The van der Waals surface area contributed by atoms with Crippen LogP contribution in [0.15, 0.2) is 0 Å². The third-order valence-electron chi connectivity index (χ3n) is 15.7. The molecule has 0 aromatic carbocycles. The van der Waals surface area contributed by atoms with Gasteiger partial charge in [-0.3, -0.25) is 14.1 Å². The van der Waals surface area contributed by atoms with Crippen molar-refractivity contribution in [3.63, 3.8) is 0 Å². The fraction of sp³-hybridized carbons (Fsp3) is 0.967. The van der Waals surface area contributed by atoms with E-state index in [-0.39, 0.29) is 12.8 Å². The Hall–Kier alpha value is -1.15. The van der Waals surface area contributed by atoms with Crippen molar-refractivity contribution in [2.45, 2.75) is 372 Å². The molecule has 7 nitrogen and oxygen atoms in total. The standard InChI is InChI=1S/C61H120O7S/c1-3-5-7-9-11-13-15-17-19-21-23-25-27-29-31-33-35-37-39-41-43-45-47-49-51-53-55-58(57-59(62)63)61(60(64)65,69(66,67)68)56-54-52-50-48-46-44-42-40-38-36-34-32-30-28-26-24-22-20-18-16-14-12-10-8-6-4-2/h58H,3-57H2,1-2H3,(H,62,63)(H,64,65)(H,66,67,68). The monoisotopic (exact) mass is 997 g/mol. The number of carboxylic acids is 2. The summed E-state index contributed by atoms with van der Waals surface area (Å²) in [5.41, 5.74) is 0. The highest BCUT2D eigenvalue weighted by atomic mass is 32.2. The number of hydrogen-bond donors (Lipinski definition) is 3. The van der Waals surface area contributed by atoms with Gasteiger partial charge >= 0.3 is 11.9 Å². The minimum absolute atomic E-state index is 0.164. The third kappa shape index (κ3) is 43.0. The lowest BCUT2D eigenvalue weighted by Gasteiger charge is -2.34. The molecule has 2 atom stereocenters.